The summed E-state index contributed by atoms with van der Waals surface area (Å²) >= 11 is 0. The molecule has 0 spiro atoms. The number of hydrogen-bond acceptors (Lipinski definition) is 3. The Hall–Kier alpha value is -3.54. The summed E-state index contributed by atoms with van der Waals surface area (Å²) in [5, 5.41) is 1.06. The predicted octanol–water partition coefficient (Wildman–Crippen LogP) is 2.51. The lowest BCUT2D eigenvalue weighted by molar-refractivity contribution is -0.127. The molecule has 0 radical (unpaired) electrons. The highest BCUT2D eigenvalue weighted by atomic mass is 16.5. The highest BCUT2D eigenvalue weighted by Crippen LogP contribution is 2.14. The van der Waals surface area contributed by atoms with E-state index in [1.165, 1.54) is 6.08 Å². The monoisotopic (exact) mass is 349 g/mol. The van der Waals surface area contributed by atoms with Gasteiger partial charge in [0.25, 0.3) is 11.8 Å². The largest absolute Gasteiger partial charge is 0.497 e. The van der Waals surface area contributed by atoms with Crippen molar-refractivity contribution in [2.24, 2.45) is 0 Å². The fraction of sp³-hybridized carbons (Fsp3) is 0.100. The Labute approximate surface area is 151 Å². The number of nitrogens with zero attached hydrogens (tertiary/aromatic N) is 1. The summed E-state index contributed by atoms with van der Waals surface area (Å²) in [6.07, 6.45) is 4.85. The lowest BCUT2D eigenvalue weighted by atomic mass is 10.2. The number of benzene rings is 2. The van der Waals surface area contributed by atoms with Crippen LogP contribution in [0.5, 0.6) is 5.75 Å². The van der Waals surface area contributed by atoms with Gasteiger partial charge in [0.15, 0.2) is 0 Å². The number of carbonyl (C=O) groups excluding carboxylic acids is 2. The van der Waals surface area contributed by atoms with Crippen molar-refractivity contribution in [1.82, 2.24) is 15.4 Å². The van der Waals surface area contributed by atoms with Crippen LogP contribution in [0.2, 0.25) is 0 Å². The summed E-state index contributed by atoms with van der Waals surface area (Å²) < 4.78 is 6.90. The molecule has 3 aromatic rings. The van der Waals surface area contributed by atoms with Crippen LogP contribution in [0.1, 0.15) is 5.56 Å². The molecule has 1 aromatic heterocycles. The molecule has 132 valence electrons. The van der Waals surface area contributed by atoms with Gasteiger partial charge < -0.3 is 9.30 Å². The minimum atomic E-state index is -0.411. The smallest absolute Gasteiger partial charge is 0.262 e. The van der Waals surface area contributed by atoms with Gasteiger partial charge in [0, 0.05) is 17.8 Å². The zero-order valence-corrected chi connectivity index (χ0v) is 14.3. The van der Waals surface area contributed by atoms with Crippen LogP contribution in [-0.4, -0.2) is 23.5 Å². The van der Waals surface area contributed by atoms with E-state index >= 15 is 0 Å². The minimum absolute atomic E-state index is 0.121. The second-order valence-corrected chi connectivity index (χ2v) is 5.65. The zero-order chi connectivity index (χ0) is 18.4. The third-order valence-corrected chi connectivity index (χ3v) is 3.86. The van der Waals surface area contributed by atoms with Gasteiger partial charge in [-0.3, -0.25) is 20.4 Å². The molecule has 6 nitrogen and oxygen atoms in total. The van der Waals surface area contributed by atoms with Crippen LogP contribution in [-0.2, 0) is 16.1 Å². The van der Waals surface area contributed by atoms with Crippen LogP contribution in [0.4, 0.5) is 0 Å². The molecule has 26 heavy (non-hydrogen) atoms. The van der Waals surface area contributed by atoms with E-state index in [0.29, 0.717) is 0 Å². The molecule has 0 unspecified atom stereocenters. The average molecular weight is 349 g/mol. The van der Waals surface area contributed by atoms with Crippen molar-refractivity contribution in [3.63, 3.8) is 0 Å². The highest BCUT2D eigenvalue weighted by Gasteiger charge is 2.06. The summed E-state index contributed by atoms with van der Waals surface area (Å²) in [5.74, 6) is 0.0282. The van der Waals surface area contributed by atoms with Crippen molar-refractivity contribution in [1.29, 1.82) is 0 Å². The molecule has 0 atom stereocenters. The van der Waals surface area contributed by atoms with Gasteiger partial charge in [-0.25, -0.2) is 0 Å². The first-order chi connectivity index (χ1) is 12.7. The number of nitrogens with one attached hydrogen (secondary N) is 2. The van der Waals surface area contributed by atoms with Crippen molar-refractivity contribution >= 4 is 28.8 Å². The molecular weight excluding hydrogens is 330 g/mol. The Morgan fingerprint density at radius 1 is 1.04 bits per heavy atom. The van der Waals surface area contributed by atoms with E-state index in [1.54, 1.807) is 25.3 Å². The summed E-state index contributed by atoms with van der Waals surface area (Å²) in [5.41, 5.74) is 6.60. The van der Waals surface area contributed by atoms with Gasteiger partial charge in [-0.15, -0.1) is 0 Å². The van der Waals surface area contributed by atoms with Gasteiger partial charge in [-0.2, -0.15) is 0 Å². The highest BCUT2D eigenvalue weighted by molar-refractivity contribution is 5.93. The summed E-state index contributed by atoms with van der Waals surface area (Å²) in [6, 6.07) is 17.0. The van der Waals surface area contributed by atoms with Gasteiger partial charge in [-0.05, 0) is 41.3 Å². The van der Waals surface area contributed by atoms with Gasteiger partial charge in [-0.1, -0.05) is 30.3 Å². The molecule has 2 amide bonds. The van der Waals surface area contributed by atoms with Gasteiger partial charge in [0.1, 0.15) is 12.3 Å². The third-order valence-electron chi connectivity index (χ3n) is 3.86. The number of fused-ring (bicyclic) bond motifs is 1. The molecule has 0 bridgehead atoms. The van der Waals surface area contributed by atoms with Crippen LogP contribution in [0.15, 0.2) is 66.9 Å². The fourth-order valence-electron chi connectivity index (χ4n) is 2.53. The number of hydrogen-bond donors (Lipinski definition) is 2. The zero-order valence-electron chi connectivity index (χ0n) is 14.3. The Bertz CT molecular complexity index is 942. The number of amides is 2. The second-order valence-electron chi connectivity index (χ2n) is 5.65. The number of carbonyl (C=O) groups is 2. The fourth-order valence-corrected chi connectivity index (χ4v) is 2.53. The molecule has 0 aliphatic carbocycles. The van der Waals surface area contributed by atoms with E-state index in [1.807, 2.05) is 53.2 Å². The van der Waals surface area contributed by atoms with E-state index in [2.05, 4.69) is 10.9 Å². The quantitative estimate of drug-likeness (QED) is 0.549. The van der Waals surface area contributed by atoms with E-state index in [4.69, 9.17) is 4.74 Å². The number of para-hydroxylation sites is 1. The van der Waals surface area contributed by atoms with Crippen LogP contribution < -0.4 is 15.6 Å². The SMILES string of the molecule is COc1ccc(/C=C/C(=O)NNC(=O)Cn2ccc3ccccc32)cc1. The molecule has 6 heteroatoms. The number of hydrazine groups is 1. The Morgan fingerprint density at radius 3 is 2.58 bits per heavy atom. The Balaban J connectivity index is 1.50. The van der Waals surface area contributed by atoms with Crippen molar-refractivity contribution in [2.45, 2.75) is 6.54 Å². The molecule has 2 aromatic carbocycles. The maximum absolute atomic E-state index is 12.0. The Kier molecular flexibility index (Phi) is 5.34. The molecule has 0 fully saturated rings. The van der Waals surface area contributed by atoms with Crippen LogP contribution >= 0.6 is 0 Å². The number of methoxy groups -OCH3 is 1. The van der Waals surface area contributed by atoms with Crippen LogP contribution in [0.25, 0.3) is 17.0 Å². The van der Waals surface area contributed by atoms with Gasteiger partial charge >= 0.3 is 0 Å². The molecule has 0 aliphatic rings. The maximum atomic E-state index is 12.0. The summed E-state index contributed by atoms with van der Waals surface area (Å²) in [4.78, 5) is 23.8. The lowest BCUT2D eigenvalue weighted by Crippen LogP contribution is -2.42. The molecule has 0 aliphatic heterocycles. The molecular formula is C20H19N3O3. The first-order valence-electron chi connectivity index (χ1n) is 8.10. The third kappa shape index (κ3) is 4.30. The summed E-state index contributed by atoms with van der Waals surface area (Å²) in [7, 11) is 1.59. The molecule has 3 rings (SSSR count). The maximum Gasteiger partial charge on any atom is 0.262 e. The minimum Gasteiger partial charge on any atom is -0.497 e. The first kappa shape index (κ1) is 17.3. The average Bonchev–Trinajstić information content (AvgIpc) is 3.08. The van der Waals surface area contributed by atoms with E-state index in [0.717, 1.165) is 22.2 Å². The molecule has 1 heterocycles. The van der Waals surface area contributed by atoms with Crippen LogP contribution in [0, 0.1) is 0 Å². The normalized spacial score (nSPS) is 10.8. The number of aromatic nitrogens is 1. The molecule has 0 saturated carbocycles. The number of ether oxygens (including phenoxy) is 1. The van der Waals surface area contributed by atoms with Gasteiger partial charge in [0.05, 0.1) is 7.11 Å². The molecule has 0 saturated heterocycles. The number of rotatable bonds is 5. The Morgan fingerprint density at radius 2 is 1.81 bits per heavy atom. The van der Waals surface area contributed by atoms with E-state index in [-0.39, 0.29) is 12.5 Å². The topological polar surface area (TPSA) is 72.4 Å². The van der Waals surface area contributed by atoms with Crippen molar-refractivity contribution < 1.29 is 14.3 Å². The predicted molar refractivity (Wildman–Crippen MR) is 100 cm³/mol. The van der Waals surface area contributed by atoms with Crippen molar-refractivity contribution in [2.75, 3.05) is 7.11 Å². The van der Waals surface area contributed by atoms with Crippen LogP contribution in [0.3, 0.4) is 0 Å². The first-order valence-corrected chi connectivity index (χ1v) is 8.10. The standard InChI is InChI=1S/C20H19N3O3/c1-26-17-9-6-15(7-10-17)8-11-19(24)21-22-20(25)14-23-13-12-16-4-2-3-5-18(16)23/h2-13H,14H2,1H3,(H,21,24)(H,22,25)/b11-8+. The van der Waals surface area contributed by atoms with Crippen molar-refractivity contribution in [3.05, 3.63) is 72.4 Å². The van der Waals surface area contributed by atoms with E-state index in [9.17, 15) is 9.59 Å². The second kappa shape index (κ2) is 8.02. The van der Waals surface area contributed by atoms with Gasteiger partial charge in [0.2, 0.25) is 0 Å². The van der Waals surface area contributed by atoms with E-state index < -0.39 is 5.91 Å². The van der Waals surface area contributed by atoms with Crippen molar-refractivity contribution in [3.8, 4) is 5.75 Å². The lowest BCUT2D eigenvalue weighted by Gasteiger charge is -2.07. The summed E-state index contributed by atoms with van der Waals surface area (Å²) in [6.45, 7) is 0.121. The molecule has 2 N–H and O–H groups in total.